The molecule has 0 radical (unpaired) electrons. The summed E-state index contributed by atoms with van der Waals surface area (Å²) < 4.78 is 30.3. The first-order valence-electron chi connectivity index (χ1n) is 11.5. The third-order valence-corrected chi connectivity index (χ3v) is 8.87. The van der Waals surface area contributed by atoms with Gasteiger partial charge in [0.15, 0.2) is 0 Å². The highest BCUT2D eigenvalue weighted by Crippen LogP contribution is 2.32. The number of nitrogens with zero attached hydrogens (tertiary/aromatic N) is 2. The van der Waals surface area contributed by atoms with Gasteiger partial charge < -0.3 is 5.32 Å². The Morgan fingerprint density at radius 1 is 1.00 bits per heavy atom. The van der Waals surface area contributed by atoms with E-state index in [0.29, 0.717) is 17.8 Å². The normalized spacial score (nSPS) is 13.6. The predicted molar refractivity (Wildman–Crippen MR) is 139 cm³/mol. The van der Waals surface area contributed by atoms with E-state index in [9.17, 15) is 13.2 Å². The Kier molecular flexibility index (Phi) is 7.60. The van der Waals surface area contributed by atoms with E-state index in [1.165, 1.54) is 16.4 Å². The molecule has 4 rings (SSSR count). The highest BCUT2D eigenvalue weighted by Gasteiger charge is 2.29. The van der Waals surface area contributed by atoms with E-state index in [2.05, 4.69) is 23.5 Å². The van der Waals surface area contributed by atoms with Crippen LogP contribution in [0.4, 0.5) is 11.4 Å². The minimum atomic E-state index is -3.70. The number of carbonyl (C=O) groups excluding carboxylic acids is 1. The topological polar surface area (TPSA) is 69.7 Å². The fourth-order valence-electron chi connectivity index (χ4n) is 3.99. The fourth-order valence-corrected chi connectivity index (χ4v) is 6.41. The molecule has 0 saturated carbocycles. The van der Waals surface area contributed by atoms with Crippen LogP contribution in [0.5, 0.6) is 0 Å². The molecular formula is C26H29N3O3S2. The number of benzene rings is 3. The summed E-state index contributed by atoms with van der Waals surface area (Å²) >= 11 is 1.65. The van der Waals surface area contributed by atoms with Crippen LogP contribution in [0, 0.1) is 0 Å². The third kappa shape index (κ3) is 5.29. The molecule has 6 nitrogen and oxygen atoms in total. The van der Waals surface area contributed by atoms with Crippen molar-refractivity contribution in [2.75, 3.05) is 29.3 Å². The number of nitrogens with one attached hydrogen (secondary N) is 1. The quantitative estimate of drug-likeness (QED) is 0.422. The Balaban J connectivity index is 1.48. The van der Waals surface area contributed by atoms with Gasteiger partial charge in [-0.25, -0.2) is 12.7 Å². The van der Waals surface area contributed by atoms with Crippen molar-refractivity contribution >= 4 is 39.3 Å². The second-order valence-electron chi connectivity index (χ2n) is 8.02. The molecule has 0 fully saturated rings. The van der Waals surface area contributed by atoms with Crippen molar-refractivity contribution in [1.29, 1.82) is 0 Å². The summed E-state index contributed by atoms with van der Waals surface area (Å²) in [7, 11) is -3.70. The third-order valence-electron chi connectivity index (χ3n) is 5.80. The average Bonchev–Trinajstić information content (AvgIpc) is 2.87. The zero-order valence-electron chi connectivity index (χ0n) is 19.4. The highest BCUT2D eigenvalue weighted by atomic mass is 32.2. The molecule has 34 heavy (non-hydrogen) atoms. The van der Waals surface area contributed by atoms with Gasteiger partial charge in [-0.3, -0.25) is 9.10 Å². The predicted octanol–water partition coefficient (Wildman–Crippen LogP) is 5.43. The van der Waals surface area contributed by atoms with Crippen molar-refractivity contribution in [2.24, 2.45) is 0 Å². The zero-order chi connectivity index (χ0) is 24.1. The minimum Gasteiger partial charge on any atom is -0.322 e. The van der Waals surface area contributed by atoms with E-state index in [-0.39, 0.29) is 10.8 Å². The summed E-state index contributed by atoms with van der Waals surface area (Å²) in [5, 5.41) is 2.91. The van der Waals surface area contributed by atoms with Crippen molar-refractivity contribution in [3.8, 4) is 0 Å². The van der Waals surface area contributed by atoms with E-state index < -0.39 is 10.0 Å². The summed E-state index contributed by atoms with van der Waals surface area (Å²) in [6, 6.07) is 21.5. The Labute approximate surface area is 206 Å². The van der Waals surface area contributed by atoms with Gasteiger partial charge in [0.1, 0.15) is 0 Å². The number of rotatable bonds is 8. The van der Waals surface area contributed by atoms with Crippen LogP contribution in [0.2, 0.25) is 0 Å². The summed E-state index contributed by atoms with van der Waals surface area (Å²) in [4.78, 5) is 14.0. The SMILES string of the molecule is CCN(CC)Sc1cccc(NC(=O)c2ccc(S(=O)(=O)N3CCCc4ccccc43)cc2)c1. The molecule has 1 aliphatic heterocycles. The second-order valence-corrected chi connectivity index (χ2v) is 11.1. The molecule has 0 saturated heterocycles. The summed E-state index contributed by atoms with van der Waals surface area (Å²) in [5.74, 6) is -0.280. The summed E-state index contributed by atoms with van der Waals surface area (Å²) in [6.45, 7) is 6.52. The number of hydrogen-bond donors (Lipinski definition) is 1. The van der Waals surface area contributed by atoms with Crippen LogP contribution in [-0.2, 0) is 16.4 Å². The number of para-hydroxylation sites is 1. The maximum atomic E-state index is 13.3. The lowest BCUT2D eigenvalue weighted by Gasteiger charge is -2.30. The number of hydrogen-bond acceptors (Lipinski definition) is 5. The van der Waals surface area contributed by atoms with Crippen LogP contribution in [0.25, 0.3) is 0 Å². The van der Waals surface area contributed by atoms with Gasteiger partial charge in [-0.1, -0.05) is 38.1 Å². The molecule has 178 valence electrons. The Morgan fingerprint density at radius 3 is 2.47 bits per heavy atom. The molecule has 0 unspecified atom stereocenters. The smallest absolute Gasteiger partial charge is 0.264 e. The highest BCUT2D eigenvalue weighted by molar-refractivity contribution is 7.97. The van der Waals surface area contributed by atoms with Crippen molar-refractivity contribution < 1.29 is 13.2 Å². The van der Waals surface area contributed by atoms with E-state index in [0.717, 1.165) is 42.1 Å². The maximum absolute atomic E-state index is 13.3. The van der Waals surface area contributed by atoms with Crippen LogP contribution in [-0.4, -0.2) is 38.3 Å². The van der Waals surface area contributed by atoms with Crippen LogP contribution in [0.3, 0.4) is 0 Å². The molecule has 1 amide bonds. The molecule has 0 spiro atoms. The monoisotopic (exact) mass is 495 g/mol. The van der Waals surface area contributed by atoms with Crippen LogP contribution in [0.1, 0.15) is 36.2 Å². The Bertz CT molecular complexity index is 1260. The van der Waals surface area contributed by atoms with Gasteiger partial charge in [0, 0.05) is 35.8 Å². The summed E-state index contributed by atoms with van der Waals surface area (Å²) in [6.07, 6.45) is 1.65. The molecular weight excluding hydrogens is 466 g/mol. The maximum Gasteiger partial charge on any atom is 0.264 e. The van der Waals surface area contributed by atoms with Gasteiger partial charge in [0.2, 0.25) is 0 Å². The van der Waals surface area contributed by atoms with Crippen molar-refractivity contribution in [3.05, 3.63) is 83.9 Å². The zero-order valence-corrected chi connectivity index (χ0v) is 21.0. The number of carbonyl (C=O) groups is 1. The number of fused-ring (bicyclic) bond motifs is 1. The lowest BCUT2D eigenvalue weighted by atomic mass is 10.0. The standard InChI is InChI=1S/C26H29N3O3S2/c1-3-28(4-2)33-23-12-7-11-22(19-23)27-26(30)21-14-16-24(17-15-21)34(31,32)29-18-8-10-20-9-5-6-13-25(20)29/h5-7,9,11-17,19H,3-4,8,10,18H2,1-2H3,(H,27,30). The number of sulfonamides is 1. The first-order valence-corrected chi connectivity index (χ1v) is 13.7. The fraction of sp³-hybridized carbons (Fsp3) is 0.269. The molecule has 0 aliphatic carbocycles. The van der Waals surface area contributed by atoms with E-state index in [4.69, 9.17) is 0 Å². The first kappa shape index (κ1) is 24.3. The van der Waals surface area contributed by atoms with Gasteiger partial charge in [-0.2, -0.15) is 0 Å². The summed E-state index contributed by atoms with van der Waals surface area (Å²) in [5.41, 5.74) is 2.87. The first-order chi connectivity index (χ1) is 16.4. The molecule has 3 aromatic carbocycles. The van der Waals surface area contributed by atoms with Crippen molar-refractivity contribution in [2.45, 2.75) is 36.5 Å². The number of aryl methyl sites for hydroxylation is 1. The van der Waals surface area contributed by atoms with Gasteiger partial charge in [0.05, 0.1) is 10.6 Å². The van der Waals surface area contributed by atoms with E-state index in [1.54, 1.807) is 24.1 Å². The van der Waals surface area contributed by atoms with E-state index in [1.807, 2.05) is 48.5 Å². The van der Waals surface area contributed by atoms with Crippen molar-refractivity contribution in [1.82, 2.24) is 4.31 Å². The number of anilines is 2. The Hall–Kier alpha value is -2.81. The van der Waals surface area contributed by atoms with E-state index >= 15 is 0 Å². The lowest BCUT2D eigenvalue weighted by Crippen LogP contribution is -2.35. The molecule has 0 atom stereocenters. The van der Waals surface area contributed by atoms with Gasteiger partial charge >= 0.3 is 0 Å². The van der Waals surface area contributed by atoms with Crippen LogP contribution >= 0.6 is 11.9 Å². The largest absolute Gasteiger partial charge is 0.322 e. The molecule has 0 aromatic heterocycles. The Morgan fingerprint density at radius 2 is 1.74 bits per heavy atom. The van der Waals surface area contributed by atoms with Gasteiger partial charge in [-0.15, -0.1) is 0 Å². The van der Waals surface area contributed by atoms with Gasteiger partial charge in [0.25, 0.3) is 15.9 Å². The second kappa shape index (κ2) is 10.6. The van der Waals surface area contributed by atoms with Gasteiger partial charge in [-0.05, 0) is 78.9 Å². The molecule has 1 aliphatic rings. The van der Waals surface area contributed by atoms with Crippen LogP contribution < -0.4 is 9.62 Å². The molecule has 3 aromatic rings. The molecule has 1 N–H and O–H groups in total. The molecule has 0 bridgehead atoms. The minimum absolute atomic E-state index is 0.179. The average molecular weight is 496 g/mol. The van der Waals surface area contributed by atoms with Crippen LogP contribution in [0.15, 0.2) is 82.6 Å². The lowest BCUT2D eigenvalue weighted by molar-refractivity contribution is 0.102. The van der Waals surface area contributed by atoms with Crippen molar-refractivity contribution in [3.63, 3.8) is 0 Å². The molecule has 1 heterocycles. The molecule has 8 heteroatoms. The number of amides is 1.